The monoisotopic (exact) mass is 295 g/mol. The van der Waals surface area contributed by atoms with Crippen molar-refractivity contribution in [2.75, 3.05) is 0 Å². The van der Waals surface area contributed by atoms with E-state index in [4.69, 9.17) is 0 Å². The molecule has 3 nitrogen and oxygen atoms in total. The molecule has 19 heavy (non-hydrogen) atoms. The van der Waals surface area contributed by atoms with Crippen LogP contribution in [-0.4, -0.2) is 16.1 Å². The highest BCUT2D eigenvalue weighted by Crippen LogP contribution is 2.34. The Morgan fingerprint density at radius 2 is 2.11 bits per heavy atom. The van der Waals surface area contributed by atoms with Crippen molar-refractivity contribution in [3.05, 3.63) is 27.6 Å². The first-order valence-electron chi connectivity index (χ1n) is 6.33. The second-order valence-electron chi connectivity index (χ2n) is 4.82. The van der Waals surface area contributed by atoms with Gasteiger partial charge in [-0.15, -0.1) is 22.7 Å². The molecule has 0 aliphatic carbocycles. The van der Waals surface area contributed by atoms with E-state index in [0.717, 1.165) is 16.3 Å². The summed E-state index contributed by atoms with van der Waals surface area (Å²) in [7, 11) is 0. The van der Waals surface area contributed by atoms with Crippen molar-refractivity contribution in [1.29, 1.82) is 0 Å². The van der Waals surface area contributed by atoms with Crippen LogP contribution in [-0.2, 0) is 12.8 Å². The molecule has 0 aromatic carbocycles. The van der Waals surface area contributed by atoms with Crippen LogP contribution < -0.4 is 0 Å². The molecule has 102 valence electrons. The summed E-state index contributed by atoms with van der Waals surface area (Å²) >= 11 is 2.98. The van der Waals surface area contributed by atoms with Gasteiger partial charge in [-0.1, -0.05) is 20.8 Å². The predicted octanol–water partition coefficient (Wildman–Crippen LogP) is 4.33. The van der Waals surface area contributed by atoms with Gasteiger partial charge in [-0.05, 0) is 30.9 Å². The summed E-state index contributed by atoms with van der Waals surface area (Å²) in [6.45, 7) is 6.26. The number of aromatic nitrogens is 1. The normalized spacial score (nSPS) is 11.2. The predicted molar refractivity (Wildman–Crippen MR) is 80.3 cm³/mol. The number of hydrogen-bond donors (Lipinski definition) is 1. The van der Waals surface area contributed by atoms with E-state index in [1.54, 1.807) is 11.3 Å². The second-order valence-corrected chi connectivity index (χ2v) is 6.98. The molecule has 5 heteroatoms. The number of aromatic carboxylic acids is 1. The maximum Gasteiger partial charge on any atom is 0.347 e. The summed E-state index contributed by atoms with van der Waals surface area (Å²) in [5.41, 5.74) is 0.717. The van der Waals surface area contributed by atoms with Gasteiger partial charge in [-0.2, -0.15) is 0 Å². The van der Waals surface area contributed by atoms with E-state index < -0.39 is 5.97 Å². The van der Waals surface area contributed by atoms with Crippen LogP contribution in [0.4, 0.5) is 0 Å². The Hall–Kier alpha value is -1.20. The van der Waals surface area contributed by atoms with Gasteiger partial charge in [0.15, 0.2) is 0 Å². The van der Waals surface area contributed by atoms with Crippen molar-refractivity contribution < 1.29 is 9.90 Å². The summed E-state index contributed by atoms with van der Waals surface area (Å²) in [6, 6.07) is 4.12. The molecule has 0 bridgehead atoms. The summed E-state index contributed by atoms with van der Waals surface area (Å²) in [5, 5.41) is 10.1. The van der Waals surface area contributed by atoms with Crippen molar-refractivity contribution in [2.24, 2.45) is 5.92 Å². The first kappa shape index (κ1) is 14.2. The van der Waals surface area contributed by atoms with Gasteiger partial charge < -0.3 is 5.11 Å². The van der Waals surface area contributed by atoms with Gasteiger partial charge in [-0.3, -0.25) is 0 Å². The molecule has 0 fully saturated rings. The SMILES string of the molecule is CCc1ccc(-c2nc(CC(C)C)c(C(=O)O)s2)s1. The number of carbonyl (C=O) groups is 1. The molecule has 0 saturated heterocycles. The summed E-state index contributed by atoms with van der Waals surface area (Å²) in [5.74, 6) is -0.464. The fourth-order valence-electron chi connectivity index (χ4n) is 1.83. The lowest BCUT2D eigenvalue weighted by atomic mass is 10.1. The lowest BCUT2D eigenvalue weighted by molar-refractivity contribution is 0.0700. The maximum absolute atomic E-state index is 11.3. The van der Waals surface area contributed by atoms with Crippen LogP contribution in [0.2, 0.25) is 0 Å². The van der Waals surface area contributed by atoms with Crippen LogP contribution >= 0.6 is 22.7 Å². The number of carboxylic acids is 1. The van der Waals surface area contributed by atoms with E-state index in [1.807, 2.05) is 6.07 Å². The second kappa shape index (κ2) is 5.84. The van der Waals surface area contributed by atoms with Gasteiger partial charge in [0, 0.05) is 4.88 Å². The Labute approximate surface area is 120 Å². The van der Waals surface area contributed by atoms with E-state index in [0.29, 0.717) is 22.9 Å². The first-order chi connectivity index (χ1) is 9.01. The Balaban J connectivity index is 2.39. The molecule has 2 aromatic heterocycles. The molecule has 0 aliphatic rings. The van der Waals surface area contributed by atoms with Crippen molar-refractivity contribution in [3.8, 4) is 9.88 Å². The number of rotatable bonds is 5. The lowest BCUT2D eigenvalue weighted by Gasteiger charge is -2.01. The molecule has 2 heterocycles. The molecule has 0 amide bonds. The molecule has 0 radical (unpaired) electrons. The smallest absolute Gasteiger partial charge is 0.347 e. The first-order valence-corrected chi connectivity index (χ1v) is 7.96. The molecule has 0 atom stereocenters. The molecule has 2 aromatic rings. The highest BCUT2D eigenvalue weighted by atomic mass is 32.1. The average Bonchev–Trinajstić information content (AvgIpc) is 2.93. The fraction of sp³-hybridized carbons (Fsp3) is 0.429. The van der Waals surface area contributed by atoms with E-state index in [1.165, 1.54) is 16.2 Å². The average molecular weight is 295 g/mol. The van der Waals surface area contributed by atoms with Gasteiger partial charge in [-0.25, -0.2) is 9.78 Å². The van der Waals surface area contributed by atoms with Gasteiger partial charge in [0.25, 0.3) is 0 Å². The van der Waals surface area contributed by atoms with E-state index in [9.17, 15) is 9.90 Å². The lowest BCUT2D eigenvalue weighted by Crippen LogP contribution is -2.02. The van der Waals surface area contributed by atoms with Gasteiger partial charge in [0.1, 0.15) is 9.88 Å². The molecular weight excluding hydrogens is 278 g/mol. The molecule has 0 unspecified atom stereocenters. The fourth-order valence-corrected chi connectivity index (χ4v) is 3.77. The molecule has 1 N–H and O–H groups in total. The zero-order valence-corrected chi connectivity index (χ0v) is 12.9. The van der Waals surface area contributed by atoms with Crippen LogP contribution in [0, 0.1) is 5.92 Å². The molecule has 0 saturated carbocycles. The van der Waals surface area contributed by atoms with Crippen molar-refractivity contribution in [3.63, 3.8) is 0 Å². The third-order valence-corrected chi connectivity index (χ3v) is 5.20. The third-order valence-electron chi connectivity index (χ3n) is 2.71. The Kier molecular flexibility index (Phi) is 4.37. The molecule has 0 spiro atoms. The maximum atomic E-state index is 11.3. The Morgan fingerprint density at radius 1 is 1.37 bits per heavy atom. The minimum Gasteiger partial charge on any atom is -0.477 e. The van der Waals surface area contributed by atoms with E-state index in [2.05, 4.69) is 31.8 Å². The van der Waals surface area contributed by atoms with Crippen molar-refractivity contribution in [1.82, 2.24) is 4.98 Å². The summed E-state index contributed by atoms with van der Waals surface area (Å²) in [4.78, 5) is 18.6. The van der Waals surface area contributed by atoms with Gasteiger partial charge in [0.2, 0.25) is 0 Å². The highest BCUT2D eigenvalue weighted by molar-refractivity contribution is 7.22. The van der Waals surface area contributed by atoms with Crippen molar-refractivity contribution in [2.45, 2.75) is 33.6 Å². The summed E-state index contributed by atoms with van der Waals surface area (Å²) in [6.07, 6.45) is 1.71. The number of nitrogens with zero attached hydrogens (tertiary/aromatic N) is 1. The van der Waals surface area contributed by atoms with Crippen LogP contribution in [0.15, 0.2) is 12.1 Å². The number of carboxylic acid groups (broad SMARTS) is 1. The minimum absolute atomic E-state index is 0.384. The number of hydrogen-bond acceptors (Lipinski definition) is 4. The molecule has 2 rings (SSSR count). The van der Waals surface area contributed by atoms with Gasteiger partial charge >= 0.3 is 5.97 Å². The quantitative estimate of drug-likeness (QED) is 0.893. The van der Waals surface area contributed by atoms with Gasteiger partial charge in [0.05, 0.1) is 10.6 Å². The van der Waals surface area contributed by atoms with Crippen LogP contribution in [0.3, 0.4) is 0 Å². The minimum atomic E-state index is -0.869. The number of aryl methyl sites for hydroxylation is 1. The summed E-state index contributed by atoms with van der Waals surface area (Å²) < 4.78 is 0. The highest BCUT2D eigenvalue weighted by Gasteiger charge is 2.19. The molecular formula is C14H17NO2S2. The Morgan fingerprint density at radius 3 is 2.63 bits per heavy atom. The largest absolute Gasteiger partial charge is 0.477 e. The van der Waals surface area contributed by atoms with Crippen LogP contribution in [0.5, 0.6) is 0 Å². The van der Waals surface area contributed by atoms with Crippen LogP contribution in [0.1, 0.15) is 41.0 Å². The van der Waals surface area contributed by atoms with Crippen LogP contribution in [0.25, 0.3) is 9.88 Å². The Bertz CT molecular complexity index is 584. The molecule has 0 aliphatic heterocycles. The standard InChI is InChI=1S/C14H17NO2S2/c1-4-9-5-6-11(18-9)13-15-10(7-8(2)3)12(19-13)14(16)17/h5-6,8H,4,7H2,1-3H3,(H,16,17). The zero-order valence-electron chi connectivity index (χ0n) is 11.3. The van der Waals surface area contributed by atoms with E-state index in [-0.39, 0.29) is 0 Å². The van der Waals surface area contributed by atoms with Crippen molar-refractivity contribution >= 4 is 28.6 Å². The zero-order chi connectivity index (χ0) is 14.0. The van der Waals surface area contributed by atoms with E-state index >= 15 is 0 Å². The number of thiazole rings is 1. The topological polar surface area (TPSA) is 50.2 Å². The number of thiophene rings is 1. The third kappa shape index (κ3) is 3.22.